The zero-order valence-electron chi connectivity index (χ0n) is 29.6. The third-order valence-corrected chi connectivity index (χ3v) is 9.36. The number of fused-ring (bicyclic) bond motifs is 2. The Hall–Kier alpha value is -5.30. The van der Waals surface area contributed by atoms with Gasteiger partial charge >= 0.3 is 5.97 Å². The van der Waals surface area contributed by atoms with E-state index in [-0.39, 0.29) is 40.1 Å². The van der Waals surface area contributed by atoms with Crippen LogP contribution in [0.1, 0.15) is 61.5 Å². The van der Waals surface area contributed by atoms with Crippen LogP contribution in [0.4, 0.5) is 5.69 Å². The third-order valence-electron chi connectivity index (χ3n) is 9.11. The molecule has 0 saturated heterocycles. The van der Waals surface area contributed by atoms with Crippen LogP contribution in [-0.4, -0.2) is 52.6 Å². The number of phenols is 1. The Morgan fingerprint density at radius 2 is 1.63 bits per heavy atom. The Bertz CT molecular complexity index is 2090. The molecule has 1 amide bonds. The molecule has 272 valence electrons. The van der Waals surface area contributed by atoms with Gasteiger partial charge in [0.2, 0.25) is 5.91 Å². The lowest BCUT2D eigenvalue weighted by Gasteiger charge is -2.28. The highest BCUT2D eigenvalue weighted by Crippen LogP contribution is 2.42. The SMILES string of the molecule is CCC(C)(COC(C)CCC(=O)NCc1ccc(CNC(=S)Nc2ccc(-c3c4ccc(=O)cc-4oc4cc(O)ccc34)c(C(=O)O)c2)cc1)OC. The molecule has 5 rings (SSSR count). The Balaban J connectivity index is 1.17. The van der Waals surface area contributed by atoms with Crippen LogP contribution in [0.25, 0.3) is 33.4 Å². The summed E-state index contributed by atoms with van der Waals surface area (Å²) in [7, 11) is 1.68. The van der Waals surface area contributed by atoms with Crippen molar-refractivity contribution in [2.75, 3.05) is 19.0 Å². The summed E-state index contributed by atoms with van der Waals surface area (Å²) in [6.07, 6.45) is 1.76. The van der Waals surface area contributed by atoms with Gasteiger partial charge in [0.15, 0.2) is 10.5 Å². The number of carbonyl (C=O) groups excluding carboxylic acids is 1. The maximum atomic E-state index is 12.5. The average Bonchev–Trinajstić information content (AvgIpc) is 3.13. The number of methoxy groups -OCH3 is 1. The van der Waals surface area contributed by atoms with Gasteiger partial charge in [-0.25, -0.2) is 4.79 Å². The Morgan fingerprint density at radius 1 is 0.942 bits per heavy atom. The normalized spacial score (nSPS) is 13.0. The van der Waals surface area contributed by atoms with Gasteiger partial charge in [0.25, 0.3) is 0 Å². The fourth-order valence-electron chi connectivity index (χ4n) is 5.63. The second-order valence-electron chi connectivity index (χ2n) is 12.9. The van der Waals surface area contributed by atoms with Crippen LogP contribution in [0.5, 0.6) is 5.75 Å². The topological polar surface area (TPSA) is 159 Å². The van der Waals surface area contributed by atoms with Gasteiger partial charge in [0.05, 0.1) is 23.9 Å². The Morgan fingerprint density at radius 3 is 2.31 bits per heavy atom. The molecular formula is C40H43N3O8S. The second kappa shape index (κ2) is 16.8. The van der Waals surface area contributed by atoms with E-state index in [1.807, 2.05) is 38.1 Å². The molecule has 0 fully saturated rings. The number of rotatable bonds is 15. The third kappa shape index (κ3) is 9.52. The van der Waals surface area contributed by atoms with E-state index in [2.05, 4.69) is 22.9 Å². The van der Waals surface area contributed by atoms with Gasteiger partial charge in [-0.2, -0.15) is 0 Å². The molecule has 3 aromatic rings. The molecular weight excluding hydrogens is 683 g/mol. The Labute approximate surface area is 307 Å². The highest BCUT2D eigenvalue weighted by molar-refractivity contribution is 7.80. The van der Waals surface area contributed by atoms with E-state index in [1.54, 1.807) is 31.4 Å². The predicted octanol–water partition coefficient (Wildman–Crippen LogP) is 7.07. The second-order valence-corrected chi connectivity index (χ2v) is 13.4. The van der Waals surface area contributed by atoms with E-state index < -0.39 is 5.97 Å². The summed E-state index contributed by atoms with van der Waals surface area (Å²) in [4.78, 5) is 37.1. The number of benzene rings is 4. The van der Waals surface area contributed by atoms with E-state index in [1.165, 1.54) is 30.3 Å². The molecule has 3 aromatic carbocycles. The summed E-state index contributed by atoms with van der Waals surface area (Å²) in [6, 6.07) is 21.6. The summed E-state index contributed by atoms with van der Waals surface area (Å²) >= 11 is 5.51. The maximum absolute atomic E-state index is 12.5. The van der Waals surface area contributed by atoms with Crippen LogP contribution in [-0.2, 0) is 27.4 Å². The van der Waals surface area contributed by atoms with Crippen LogP contribution in [0.15, 0.2) is 88.1 Å². The van der Waals surface area contributed by atoms with Crippen molar-refractivity contribution in [2.45, 2.75) is 64.8 Å². The largest absolute Gasteiger partial charge is 0.508 e. The van der Waals surface area contributed by atoms with E-state index >= 15 is 0 Å². The Kier molecular flexibility index (Phi) is 12.3. The van der Waals surface area contributed by atoms with Crippen molar-refractivity contribution < 1.29 is 33.7 Å². The van der Waals surface area contributed by atoms with Gasteiger partial charge in [0.1, 0.15) is 17.1 Å². The van der Waals surface area contributed by atoms with E-state index in [4.69, 9.17) is 26.1 Å². The summed E-state index contributed by atoms with van der Waals surface area (Å²) < 4.78 is 17.3. The standard InChI is InChI=1S/C40H43N3O8S/c1-5-40(3,49-4)23-50-24(2)6-17-36(46)41-21-25-7-9-26(10-8-25)22-42-39(52)43-27-11-14-30(33(18-27)38(47)48)37-31-15-12-28(44)19-34(31)51-35-20-29(45)13-16-32(35)37/h7-16,18-20,24,44H,5-6,17,21-23H2,1-4H3,(H,41,46)(H,47,48)(H2,42,43,52). The molecule has 2 aliphatic rings. The molecule has 52 heavy (non-hydrogen) atoms. The van der Waals surface area contributed by atoms with Crippen LogP contribution in [0.2, 0.25) is 0 Å². The van der Waals surface area contributed by atoms with Crippen molar-refractivity contribution >= 4 is 45.9 Å². The number of ether oxygens (including phenoxy) is 2. The van der Waals surface area contributed by atoms with E-state index in [0.717, 1.165) is 17.5 Å². The number of carbonyl (C=O) groups is 2. The minimum Gasteiger partial charge on any atom is -0.508 e. The maximum Gasteiger partial charge on any atom is 0.336 e. The molecule has 1 aliphatic heterocycles. The van der Waals surface area contributed by atoms with Gasteiger partial charge in [0, 0.05) is 61.0 Å². The molecule has 0 radical (unpaired) electrons. The number of hydrogen-bond acceptors (Lipinski definition) is 8. The fourth-order valence-corrected chi connectivity index (χ4v) is 5.82. The van der Waals surface area contributed by atoms with Crippen molar-refractivity contribution in [1.82, 2.24) is 10.6 Å². The highest BCUT2D eigenvalue weighted by Gasteiger charge is 2.24. The molecule has 1 heterocycles. The number of carboxylic acid groups (broad SMARTS) is 1. The number of nitrogens with one attached hydrogen (secondary N) is 3. The molecule has 12 heteroatoms. The quantitative estimate of drug-likeness (QED) is 0.0555. The molecule has 0 bridgehead atoms. The molecule has 1 aliphatic carbocycles. The molecule has 0 spiro atoms. The number of amides is 1. The van der Waals surface area contributed by atoms with Crippen LogP contribution >= 0.6 is 12.2 Å². The predicted molar refractivity (Wildman–Crippen MR) is 205 cm³/mol. The lowest BCUT2D eigenvalue weighted by molar-refractivity contribution is -0.122. The molecule has 0 aromatic heterocycles. The van der Waals surface area contributed by atoms with Crippen LogP contribution in [0, 0.1) is 0 Å². The van der Waals surface area contributed by atoms with Crippen molar-refractivity contribution in [3.05, 3.63) is 106 Å². The number of anilines is 1. The molecule has 2 unspecified atom stereocenters. The lowest BCUT2D eigenvalue weighted by Crippen LogP contribution is -2.34. The summed E-state index contributed by atoms with van der Waals surface area (Å²) in [5.41, 5.74) is 3.63. The van der Waals surface area contributed by atoms with Gasteiger partial charge in [-0.05, 0) is 92.0 Å². The first-order valence-electron chi connectivity index (χ1n) is 17.0. The van der Waals surface area contributed by atoms with Gasteiger partial charge in [-0.1, -0.05) is 37.3 Å². The first kappa shape index (κ1) is 37.9. The lowest BCUT2D eigenvalue weighted by atomic mass is 9.90. The molecule has 5 N–H and O–H groups in total. The molecule has 2 atom stereocenters. The smallest absolute Gasteiger partial charge is 0.336 e. The molecule has 11 nitrogen and oxygen atoms in total. The summed E-state index contributed by atoms with van der Waals surface area (Å²) in [6.45, 7) is 7.32. The number of hydrogen-bond donors (Lipinski definition) is 5. The monoisotopic (exact) mass is 725 g/mol. The fraction of sp³-hybridized carbons (Fsp3) is 0.300. The summed E-state index contributed by atoms with van der Waals surface area (Å²) in [5.74, 6) is -0.954. The van der Waals surface area contributed by atoms with Crippen molar-refractivity contribution in [2.24, 2.45) is 0 Å². The highest BCUT2D eigenvalue weighted by atomic mass is 32.1. The number of thiocarbonyl (C=S) groups is 1. The summed E-state index contributed by atoms with van der Waals surface area (Å²) in [5, 5.41) is 30.3. The average molecular weight is 726 g/mol. The first-order chi connectivity index (χ1) is 24.9. The molecule has 0 saturated carbocycles. The first-order valence-corrected chi connectivity index (χ1v) is 17.4. The van der Waals surface area contributed by atoms with Crippen molar-refractivity contribution in [3.63, 3.8) is 0 Å². The van der Waals surface area contributed by atoms with Crippen molar-refractivity contribution in [3.8, 4) is 28.2 Å². The zero-order chi connectivity index (χ0) is 37.4. The minimum absolute atomic E-state index is 0.00741. The van der Waals surface area contributed by atoms with Crippen LogP contribution < -0.4 is 21.4 Å². The number of carboxylic acids is 1. The van der Waals surface area contributed by atoms with Gasteiger partial charge in [-0.3, -0.25) is 9.59 Å². The van der Waals surface area contributed by atoms with E-state index in [9.17, 15) is 24.6 Å². The van der Waals surface area contributed by atoms with E-state index in [0.29, 0.717) is 71.0 Å². The van der Waals surface area contributed by atoms with Gasteiger partial charge in [-0.15, -0.1) is 0 Å². The van der Waals surface area contributed by atoms with Crippen LogP contribution in [0.3, 0.4) is 0 Å². The number of aromatic carboxylic acids is 1. The minimum atomic E-state index is -1.16. The van der Waals surface area contributed by atoms with Crippen molar-refractivity contribution in [1.29, 1.82) is 0 Å². The number of phenolic OH excluding ortho intramolecular Hbond substituents is 1. The van der Waals surface area contributed by atoms with Gasteiger partial charge < -0.3 is 40.1 Å². The number of aromatic hydroxyl groups is 1. The zero-order valence-corrected chi connectivity index (χ0v) is 30.4.